The molecule has 0 unspecified atom stereocenters. The van der Waals surface area contributed by atoms with Crippen LogP contribution in [-0.4, -0.2) is 22.8 Å². The van der Waals surface area contributed by atoms with Gasteiger partial charge in [-0.05, 0) is 18.6 Å². The molecule has 13 heavy (non-hydrogen) atoms. The lowest BCUT2D eigenvalue weighted by Gasteiger charge is -2.41. The summed E-state index contributed by atoms with van der Waals surface area (Å²) in [5.74, 6) is -0.0333. The van der Waals surface area contributed by atoms with Gasteiger partial charge in [-0.3, -0.25) is 9.59 Å². The quantitative estimate of drug-likeness (QED) is 0.612. The molecule has 0 saturated heterocycles. The summed E-state index contributed by atoms with van der Waals surface area (Å²) in [6.07, 6.45) is 2.07. The van der Waals surface area contributed by atoms with Crippen molar-refractivity contribution in [2.45, 2.75) is 32.8 Å². The second-order valence-corrected chi connectivity index (χ2v) is 4.24. The van der Waals surface area contributed by atoms with Crippen molar-refractivity contribution < 1.29 is 14.7 Å². The zero-order chi connectivity index (χ0) is 10.3. The molecule has 0 radical (unpaired) electrons. The van der Waals surface area contributed by atoms with Gasteiger partial charge in [0.25, 0.3) is 0 Å². The van der Waals surface area contributed by atoms with E-state index in [1.807, 2.05) is 0 Å². The molecule has 0 spiro atoms. The Morgan fingerprint density at radius 1 is 1.54 bits per heavy atom. The van der Waals surface area contributed by atoms with E-state index < -0.39 is 11.0 Å². The molecular weight excluding hydrogens is 168 g/mol. The average molecular weight is 182 g/mol. The first-order valence-corrected chi connectivity index (χ1v) is 4.24. The Labute approximate surface area is 77.4 Å². The highest BCUT2D eigenvalue weighted by atomic mass is 16.3. The molecule has 72 valence electrons. The highest BCUT2D eigenvalue weighted by Gasteiger charge is 2.48. The van der Waals surface area contributed by atoms with E-state index in [1.165, 1.54) is 6.08 Å². The summed E-state index contributed by atoms with van der Waals surface area (Å²) in [5, 5.41) is 10.0. The Bertz CT molecular complexity index is 289. The largest absolute Gasteiger partial charge is 0.377 e. The van der Waals surface area contributed by atoms with Crippen molar-refractivity contribution in [2.24, 2.45) is 5.41 Å². The Morgan fingerprint density at radius 3 is 2.46 bits per heavy atom. The van der Waals surface area contributed by atoms with Crippen molar-refractivity contribution >= 4 is 12.1 Å². The van der Waals surface area contributed by atoms with Gasteiger partial charge in [0.2, 0.25) is 0 Å². The molecule has 3 nitrogen and oxygen atoms in total. The Balaban J connectivity index is 3.25. The molecule has 3 heteroatoms. The van der Waals surface area contributed by atoms with Crippen LogP contribution in [0.15, 0.2) is 11.6 Å². The predicted molar refractivity (Wildman–Crippen MR) is 48.2 cm³/mol. The van der Waals surface area contributed by atoms with E-state index in [1.54, 1.807) is 20.8 Å². The molecule has 0 fully saturated rings. The first-order valence-electron chi connectivity index (χ1n) is 4.24. The summed E-state index contributed by atoms with van der Waals surface area (Å²) in [4.78, 5) is 22.0. The van der Waals surface area contributed by atoms with Gasteiger partial charge in [0.1, 0.15) is 5.60 Å². The fourth-order valence-electron chi connectivity index (χ4n) is 1.76. The van der Waals surface area contributed by atoms with Gasteiger partial charge in [0, 0.05) is 11.8 Å². The highest BCUT2D eigenvalue weighted by Crippen LogP contribution is 2.41. The third kappa shape index (κ3) is 1.33. The summed E-state index contributed by atoms with van der Waals surface area (Å²) >= 11 is 0. The first-order chi connectivity index (χ1) is 5.83. The SMILES string of the molecule is CC1=CC(=O)CC(C)(C)[C@]1(O)C=O. The molecule has 0 bridgehead atoms. The summed E-state index contributed by atoms with van der Waals surface area (Å²) in [5.41, 5.74) is -1.75. The van der Waals surface area contributed by atoms with Crippen molar-refractivity contribution in [3.8, 4) is 0 Å². The number of rotatable bonds is 1. The second-order valence-electron chi connectivity index (χ2n) is 4.24. The Kier molecular flexibility index (Phi) is 2.16. The van der Waals surface area contributed by atoms with E-state index in [-0.39, 0.29) is 12.2 Å². The molecule has 0 aliphatic heterocycles. The molecule has 1 atom stereocenters. The van der Waals surface area contributed by atoms with Crippen LogP contribution in [0.4, 0.5) is 0 Å². The van der Waals surface area contributed by atoms with E-state index in [0.29, 0.717) is 11.9 Å². The van der Waals surface area contributed by atoms with Crippen LogP contribution in [0.1, 0.15) is 27.2 Å². The van der Waals surface area contributed by atoms with Crippen LogP contribution >= 0.6 is 0 Å². The van der Waals surface area contributed by atoms with Gasteiger partial charge in [0.05, 0.1) is 0 Å². The zero-order valence-corrected chi connectivity index (χ0v) is 8.13. The van der Waals surface area contributed by atoms with Gasteiger partial charge in [-0.25, -0.2) is 0 Å². The van der Waals surface area contributed by atoms with Gasteiger partial charge in [0.15, 0.2) is 12.1 Å². The number of hydrogen-bond donors (Lipinski definition) is 1. The van der Waals surface area contributed by atoms with E-state index in [9.17, 15) is 14.7 Å². The zero-order valence-electron chi connectivity index (χ0n) is 8.13. The minimum absolute atomic E-state index is 0.0333. The molecule has 1 aliphatic rings. The Hall–Kier alpha value is -0.960. The number of aliphatic hydroxyl groups is 1. The second kappa shape index (κ2) is 2.77. The first kappa shape index (κ1) is 10.1. The van der Waals surface area contributed by atoms with Gasteiger partial charge < -0.3 is 5.11 Å². The molecule has 1 aliphatic carbocycles. The average Bonchev–Trinajstić information content (AvgIpc) is 1.98. The topological polar surface area (TPSA) is 54.4 Å². The van der Waals surface area contributed by atoms with Crippen LogP contribution in [0.25, 0.3) is 0 Å². The maximum Gasteiger partial charge on any atom is 0.156 e. The van der Waals surface area contributed by atoms with Gasteiger partial charge in [-0.1, -0.05) is 13.8 Å². The summed E-state index contributed by atoms with van der Waals surface area (Å²) in [6, 6.07) is 0. The monoisotopic (exact) mass is 182 g/mol. The van der Waals surface area contributed by atoms with Crippen molar-refractivity contribution in [1.82, 2.24) is 0 Å². The van der Waals surface area contributed by atoms with Gasteiger partial charge in [-0.15, -0.1) is 0 Å². The minimum atomic E-state index is -1.49. The smallest absolute Gasteiger partial charge is 0.156 e. The van der Waals surface area contributed by atoms with Crippen molar-refractivity contribution in [1.29, 1.82) is 0 Å². The number of allylic oxidation sites excluding steroid dienone is 1. The number of aldehydes is 1. The Morgan fingerprint density at radius 2 is 2.08 bits per heavy atom. The number of carbonyl (C=O) groups is 2. The van der Waals surface area contributed by atoms with E-state index in [4.69, 9.17) is 0 Å². The molecule has 0 aromatic carbocycles. The standard InChI is InChI=1S/C10H14O3/c1-7-4-8(12)5-9(2,3)10(7,13)6-11/h4,6,13H,5H2,1-3H3/t10-/m0/s1. The predicted octanol–water partition coefficient (Wildman–Crippen LogP) is 0.862. The normalized spacial score (nSPS) is 32.6. The van der Waals surface area contributed by atoms with Gasteiger partial charge in [-0.2, -0.15) is 0 Å². The lowest BCUT2D eigenvalue weighted by molar-refractivity contribution is -0.136. The van der Waals surface area contributed by atoms with Crippen molar-refractivity contribution in [3.05, 3.63) is 11.6 Å². The lowest BCUT2D eigenvalue weighted by Crippen LogP contribution is -2.50. The molecule has 1 rings (SSSR count). The van der Waals surface area contributed by atoms with Crippen LogP contribution in [0.3, 0.4) is 0 Å². The molecule has 0 saturated carbocycles. The molecule has 0 amide bonds. The number of carbonyl (C=O) groups excluding carboxylic acids is 2. The van der Waals surface area contributed by atoms with E-state index >= 15 is 0 Å². The van der Waals surface area contributed by atoms with Crippen molar-refractivity contribution in [2.75, 3.05) is 0 Å². The fourth-order valence-corrected chi connectivity index (χ4v) is 1.76. The maximum atomic E-state index is 11.2. The molecule has 0 heterocycles. The minimum Gasteiger partial charge on any atom is -0.377 e. The van der Waals surface area contributed by atoms with Crippen LogP contribution in [-0.2, 0) is 9.59 Å². The highest BCUT2D eigenvalue weighted by molar-refractivity contribution is 5.95. The lowest BCUT2D eigenvalue weighted by atomic mass is 9.65. The number of ketones is 1. The fraction of sp³-hybridized carbons (Fsp3) is 0.600. The third-order valence-electron chi connectivity index (χ3n) is 2.80. The van der Waals surface area contributed by atoms with E-state index in [2.05, 4.69) is 0 Å². The summed E-state index contributed by atoms with van der Waals surface area (Å²) in [7, 11) is 0. The molecule has 0 aromatic rings. The molecule has 0 aromatic heterocycles. The maximum absolute atomic E-state index is 11.2. The van der Waals surface area contributed by atoms with Crippen LogP contribution in [0.2, 0.25) is 0 Å². The molecule has 1 N–H and O–H groups in total. The van der Waals surface area contributed by atoms with Gasteiger partial charge >= 0.3 is 0 Å². The number of hydrogen-bond acceptors (Lipinski definition) is 3. The van der Waals surface area contributed by atoms with Crippen LogP contribution < -0.4 is 0 Å². The van der Waals surface area contributed by atoms with E-state index in [0.717, 1.165) is 0 Å². The van der Waals surface area contributed by atoms with Crippen LogP contribution in [0, 0.1) is 5.41 Å². The van der Waals surface area contributed by atoms with Crippen LogP contribution in [0.5, 0.6) is 0 Å². The summed E-state index contributed by atoms with van der Waals surface area (Å²) in [6.45, 7) is 5.04. The third-order valence-corrected chi connectivity index (χ3v) is 2.80. The van der Waals surface area contributed by atoms with Crippen molar-refractivity contribution in [3.63, 3.8) is 0 Å². The molecular formula is C10H14O3. The summed E-state index contributed by atoms with van der Waals surface area (Å²) < 4.78 is 0.